The lowest BCUT2D eigenvalue weighted by atomic mass is 10.4. The van der Waals surface area contributed by atoms with Gasteiger partial charge in [-0.2, -0.15) is 0 Å². The van der Waals surface area contributed by atoms with E-state index in [0.717, 1.165) is 12.8 Å². The molecule has 0 spiro atoms. The Bertz CT molecular complexity index is 506. The Hall–Kier alpha value is -1.22. The fourth-order valence-electron chi connectivity index (χ4n) is 1.72. The lowest BCUT2D eigenvalue weighted by Crippen LogP contribution is -2.09. The number of alkyl halides is 1. The highest BCUT2D eigenvalue weighted by Crippen LogP contribution is 2.31. The molecule has 0 saturated carbocycles. The van der Waals surface area contributed by atoms with Gasteiger partial charge in [0, 0.05) is 28.6 Å². The normalized spacial score (nSPS) is 9.50. The molecule has 0 unspecified atom stereocenters. The molecule has 0 aliphatic carbocycles. The van der Waals surface area contributed by atoms with Crippen molar-refractivity contribution in [2.75, 3.05) is 5.88 Å². The Kier molecular flexibility index (Phi) is 8.13. The highest BCUT2D eigenvalue weighted by molar-refractivity contribution is 7.77. The average molecular weight is 298 g/mol. The van der Waals surface area contributed by atoms with Crippen molar-refractivity contribution in [3.05, 3.63) is 60.7 Å². The topological polar surface area (TPSA) is 0 Å². The van der Waals surface area contributed by atoms with Gasteiger partial charge in [-0.1, -0.05) is 72.2 Å². The van der Waals surface area contributed by atoms with Crippen molar-refractivity contribution in [3.63, 3.8) is 0 Å². The van der Waals surface area contributed by atoms with Crippen LogP contribution in [0.15, 0.2) is 60.7 Å². The Morgan fingerprint density at radius 3 is 1.80 bits per heavy atom. The van der Waals surface area contributed by atoms with Crippen LogP contribution in [0.2, 0.25) is 0 Å². The smallest absolute Gasteiger partial charge is 0.0344 e. The first-order chi connectivity index (χ1) is 9.42. The monoisotopic (exact) mass is 297 g/mol. The minimum absolute atomic E-state index is 0. The predicted octanol–water partition coefficient (Wildman–Crippen LogP) is 3.72. The zero-order valence-electron chi connectivity index (χ0n) is 11.3. The standard InChI is InChI=1S/C17H16ClP.B/c18-14-8-3-9-15-19(16-10-4-1-5-11-16)17-12-6-2-7-13-17;/h1-2,4-7,10-13H,3,8,14H2;. The lowest BCUT2D eigenvalue weighted by Gasteiger charge is -2.11. The number of hydrogen-bond acceptors (Lipinski definition) is 0. The molecule has 0 aliphatic rings. The molecule has 0 aliphatic heterocycles. The molecule has 0 fully saturated rings. The van der Waals surface area contributed by atoms with Gasteiger partial charge in [0.2, 0.25) is 0 Å². The van der Waals surface area contributed by atoms with E-state index in [1.807, 2.05) is 12.1 Å². The number of rotatable bonds is 4. The van der Waals surface area contributed by atoms with E-state index < -0.39 is 7.92 Å². The molecule has 0 nitrogen and oxygen atoms in total. The van der Waals surface area contributed by atoms with Gasteiger partial charge in [0.25, 0.3) is 0 Å². The fraction of sp³-hybridized carbons (Fsp3) is 0.176. The maximum absolute atomic E-state index is 5.69. The van der Waals surface area contributed by atoms with E-state index in [2.05, 4.69) is 60.1 Å². The lowest BCUT2D eigenvalue weighted by molar-refractivity contribution is 0.992. The van der Waals surface area contributed by atoms with Crippen LogP contribution in [0.3, 0.4) is 0 Å². The molecule has 2 aromatic rings. The summed E-state index contributed by atoms with van der Waals surface area (Å²) in [5.74, 6) is 3.96. The second kappa shape index (κ2) is 9.65. The highest BCUT2D eigenvalue weighted by atomic mass is 35.5. The van der Waals surface area contributed by atoms with E-state index >= 15 is 0 Å². The molecular formula is C17H16BClP. The van der Waals surface area contributed by atoms with Gasteiger partial charge < -0.3 is 0 Å². The molecule has 0 N–H and O–H groups in total. The number of hydrogen-bond donors (Lipinski definition) is 0. The summed E-state index contributed by atoms with van der Waals surface area (Å²) >= 11 is 5.69. The summed E-state index contributed by atoms with van der Waals surface area (Å²) in [7, 11) is -0.572. The van der Waals surface area contributed by atoms with Crippen molar-refractivity contribution in [3.8, 4) is 11.6 Å². The third-order valence-corrected chi connectivity index (χ3v) is 4.93. The van der Waals surface area contributed by atoms with Crippen molar-refractivity contribution >= 4 is 38.5 Å². The highest BCUT2D eigenvalue weighted by Gasteiger charge is 2.09. The van der Waals surface area contributed by atoms with Crippen molar-refractivity contribution < 1.29 is 0 Å². The molecule has 2 aromatic carbocycles. The summed E-state index contributed by atoms with van der Waals surface area (Å²) in [4.78, 5) is 0. The Morgan fingerprint density at radius 1 is 0.850 bits per heavy atom. The summed E-state index contributed by atoms with van der Waals surface area (Å²) < 4.78 is 0. The summed E-state index contributed by atoms with van der Waals surface area (Å²) in [6.07, 6.45) is 1.84. The minimum atomic E-state index is -0.572. The Balaban J connectivity index is 0.00000200. The van der Waals surface area contributed by atoms with Gasteiger partial charge in [0.05, 0.1) is 0 Å². The molecule has 99 valence electrons. The van der Waals surface area contributed by atoms with E-state index in [1.54, 1.807) is 0 Å². The van der Waals surface area contributed by atoms with Crippen LogP contribution in [0.4, 0.5) is 0 Å². The van der Waals surface area contributed by atoms with Gasteiger partial charge in [0.15, 0.2) is 0 Å². The summed E-state index contributed by atoms with van der Waals surface area (Å²) in [6, 6.07) is 21.0. The van der Waals surface area contributed by atoms with Gasteiger partial charge in [-0.05, 0) is 17.0 Å². The molecule has 0 bridgehead atoms. The second-order valence-corrected chi connectivity index (χ2v) is 6.39. The zero-order valence-corrected chi connectivity index (χ0v) is 12.9. The number of halogens is 1. The average Bonchev–Trinajstić information content (AvgIpc) is 2.49. The molecule has 2 rings (SSSR count). The first-order valence-electron chi connectivity index (χ1n) is 6.36. The molecule has 0 amide bonds. The first-order valence-corrected chi connectivity index (χ1v) is 8.24. The maximum atomic E-state index is 5.69. The predicted molar refractivity (Wildman–Crippen MR) is 92.6 cm³/mol. The first kappa shape index (κ1) is 16.8. The molecule has 0 atom stereocenters. The summed E-state index contributed by atoms with van der Waals surface area (Å²) in [5.41, 5.74) is 3.44. The molecular weight excluding hydrogens is 281 g/mol. The van der Waals surface area contributed by atoms with Crippen LogP contribution in [0.25, 0.3) is 0 Å². The van der Waals surface area contributed by atoms with Gasteiger partial charge in [-0.15, -0.1) is 11.6 Å². The quantitative estimate of drug-likeness (QED) is 0.265. The van der Waals surface area contributed by atoms with E-state index in [1.165, 1.54) is 10.6 Å². The number of unbranched alkanes of at least 4 members (excludes halogenated alkanes) is 1. The minimum Gasteiger partial charge on any atom is -0.127 e. The van der Waals surface area contributed by atoms with Crippen LogP contribution in [0.5, 0.6) is 0 Å². The van der Waals surface area contributed by atoms with Crippen molar-refractivity contribution in [2.45, 2.75) is 12.8 Å². The summed E-state index contributed by atoms with van der Waals surface area (Å²) in [5, 5.41) is 2.61. The van der Waals surface area contributed by atoms with Crippen LogP contribution in [0.1, 0.15) is 12.8 Å². The Labute approximate surface area is 129 Å². The van der Waals surface area contributed by atoms with Crippen LogP contribution < -0.4 is 10.6 Å². The molecule has 0 aromatic heterocycles. The second-order valence-electron chi connectivity index (χ2n) is 4.09. The van der Waals surface area contributed by atoms with Crippen LogP contribution in [-0.2, 0) is 0 Å². The van der Waals surface area contributed by atoms with Gasteiger partial charge >= 0.3 is 0 Å². The van der Waals surface area contributed by atoms with Gasteiger partial charge in [-0.25, -0.2) is 0 Å². The SMILES string of the molecule is ClCCCC#CP(c1ccccc1)c1ccccc1.[B]. The molecule has 3 radical (unpaired) electrons. The van der Waals surface area contributed by atoms with Crippen LogP contribution >= 0.6 is 19.5 Å². The zero-order chi connectivity index (χ0) is 13.3. The molecule has 20 heavy (non-hydrogen) atoms. The summed E-state index contributed by atoms with van der Waals surface area (Å²) in [6.45, 7) is 0. The maximum Gasteiger partial charge on any atom is 0.0344 e. The largest absolute Gasteiger partial charge is 0.127 e. The Morgan fingerprint density at radius 2 is 1.35 bits per heavy atom. The fourth-order valence-corrected chi connectivity index (χ4v) is 3.62. The third kappa shape index (κ3) is 5.05. The van der Waals surface area contributed by atoms with E-state index in [9.17, 15) is 0 Å². The van der Waals surface area contributed by atoms with Crippen molar-refractivity contribution in [1.29, 1.82) is 0 Å². The molecule has 0 heterocycles. The van der Waals surface area contributed by atoms with Crippen molar-refractivity contribution in [2.24, 2.45) is 0 Å². The molecule has 3 heteroatoms. The van der Waals surface area contributed by atoms with E-state index in [-0.39, 0.29) is 8.41 Å². The van der Waals surface area contributed by atoms with Crippen LogP contribution in [0, 0.1) is 11.6 Å². The van der Waals surface area contributed by atoms with E-state index in [0.29, 0.717) is 5.88 Å². The van der Waals surface area contributed by atoms with Crippen LogP contribution in [-0.4, -0.2) is 14.3 Å². The number of benzene rings is 2. The third-order valence-electron chi connectivity index (χ3n) is 2.66. The van der Waals surface area contributed by atoms with E-state index in [4.69, 9.17) is 11.6 Å². The molecule has 0 saturated heterocycles. The van der Waals surface area contributed by atoms with Gasteiger partial charge in [0.1, 0.15) is 0 Å². The van der Waals surface area contributed by atoms with Gasteiger partial charge in [-0.3, -0.25) is 0 Å². The van der Waals surface area contributed by atoms with Crippen molar-refractivity contribution in [1.82, 2.24) is 0 Å².